The van der Waals surface area contributed by atoms with E-state index in [0.29, 0.717) is 5.56 Å². The third-order valence-electron chi connectivity index (χ3n) is 2.31. The summed E-state index contributed by atoms with van der Waals surface area (Å²) in [7, 11) is -3.77. The molecule has 0 radical (unpaired) electrons. The van der Waals surface area contributed by atoms with Gasteiger partial charge >= 0.3 is 0 Å². The van der Waals surface area contributed by atoms with Gasteiger partial charge in [0.15, 0.2) is 5.82 Å². The molecule has 2 rings (SSSR count). The molecule has 1 aromatic heterocycles. The summed E-state index contributed by atoms with van der Waals surface area (Å²) >= 11 is 0. The molecule has 0 spiro atoms. The first-order chi connectivity index (χ1) is 9.63. The van der Waals surface area contributed by atoms with E-state index in [9.17, 15) is 8.42 Å². The topological polar surface area (TPSA) is 98.0 Å². The highest BCUT2D eigenvalue weighted by atomic mass is 32.2. The third kappa shape index (κ3) is 3.32. The van der Waals surface area contributed by atoms with E-state index in [2.05, 4.69) is 26.8 Å². The minimum Gasteiger partial charge on any atom is -0.320 e. The molecule has 20 heavy (non-hydrogen) atoms. The molecule has 0 saturated heterocycles. The molecule has 0 amide bonds. The molecule has 0 saturated carbocycles. The highest BCUT2D eigenvalue weighted by Crippen LogP contribution is 2.17. The molecule has 1 aromatic carbocycles. The molecule has 0 bridgehead atoms. The molecule has 0 unspecified atom stereocenters. The Morgan fingerprint density at radius 3 is 2.70 bits per heavy atom. The van der Waals surface area contributed by atoms with Crippen molar-refractivity contribution in [1.82, 2.24) is 10.2 Å². The molecule has 7 heteroatoms. The van der Waals surface area contributed by atoms with Crippen molar-refractivity contribution in [2.24, 2.45) is 5.73 Å². The number of anilines is 1. The van der Waals surface area contributed by atoms with E-state index in [1.165, 1.54) is 18.3 Å². The van der Waals surface area contributed by atoms with Crippen molar-refractivity contribution in [2.45, 2.75) is 4.90 Å². The van der Waals surface area contributed by atoms with Crippen molar-refractivity contribution < 1.29 is 8.42 Å². The van der Waals surface area contributed by atoms with Crippen LogP contribution in [-0.2, 0) is 10.0 Å². The summed E-state index contributed by atoms with van der Waals surface area (Å²) in [5.74, 6) is 5.52. The highest BCUT2D eigenvalue weighted by molar-refractivity contribution is 7.92. The van der Waals surface area contributed by atoms with Gasteiger partial charge in [0.25, 0.3) is 10.0 Å². The normalized spacial score (nSPS) is 10.4. The van der Waals surface area contributed by atoms with Gasteiger partial charge in [-0.15, -0.1) is 5.10 Å². The monoisotopic (exact) mass is 288 g/mol. The SMILES string of the molecule is NCC#Cc1ccccc1S(=O)(=O)Nc1cccnn1. The minimum atomic E-state index is -3.77. The maximum Gasteiger partial charge on any atom is 0.264 e. The van der Waals surface area contributed by atoms with Gasteiger partial charge in [-0.1, -0.05) is 24.0 Å². The number of benzene rings is 1. The predicted octanol–water partition coefficient (Wildman–Crippen LogP) is 0.588. The summed E-state index contributed by atoms with van der Waals surface area (Å²) in [4.78, 5) is 0.0756. The molecular weight excluding hydrogens is 276 g/mol. The number of nitrogens with two attached hydrogens (primary N) is 1. The number of sulfonamides is 1. The minimum absolute atomic E-state index is 0.0756. The molecule has 6 nitrogen and oxygen atoms in total. The van der Waals surface area contributed by atoms with E-state index < -0.39 is 10.0 Å². The van der Waals surface area contributed by atoms with Gasteiger partial charge in [-0.25, -0.2) is 8.42 Å². The third-order valence-corrected chi connectivity index (χ3v) is 3.73. The van der Waals surface area contributed by atoms with E-state index in [-0.39, 0.29) is 17.3 Å². The molecule has 3 N–H and O–H groups in total. The fraction of sp³-hybridized carbons (Fsp3) is 0.0769. The van der Waals surface area contributed by atoms with Crippen LogP contribution in [0, 0.1) is 11.8 Å². The van der Waals surface area contributed by atoms with E-state index in [1.54, 1.807) is 24.3 Å². The van der Waals surface area contributed by atoms with Gasteiger partial charge < -0.3 is 5.73 Å². The summed E-state index contributed by atoms with van der Waals surface area (Å²) in [6.07, 6.45) is 1.46. The van der Waals surface area contributed by atoms with Crippen molar-refractivity contribution in [3.8, 4) is 11.8 Å². The average Bonchev–Trinajstić information content (AvgIpc) is 2.46. The molecule has 0 atom stereocenters. The second-order valence-electron chi connectivity index (χ2n) is 3.72. The number of hydrogen-bond donors (Lipinski definition) is 2. The van der Waals surface area contributed by atoms with Crippen LogP contribution in [0.3, 0.4) is 0 Å². The first-order valence-electron chi connectivity index (χ1n) is 5.72. The molecular formula is C13H12N4O2S. The van der Waals surface area contributed by atoms with Gasteiger partial charge in [0.2, 0.25) is 0 Å². The van der Waals surface area contributed by atoms with Gasteiger partial charge in [-0.2, -0.15) is 5.10 Å². The maximum atomic E-state index is 12.3. The molecule has 0 aliphatic rings. The Hall–Kier alpha value is -2.43. The lowest BCUT2D eigenvalue weighted by atomic mass is 10.2. The zero-order chi connectivity index (χ0) is 14.4. The zero-order valence-electron chi connectivity index (χ0n) is 10.4. The Bertz CT molecular complexity index is 749. The lowest BCUT2D eigenvalue weighted by Gasteiger charge is -2.08. The van der Waals surface area contributed by atoms with Crippen molar-refractivity contribution in [2.75, 3.05) is 11.3 Å². The summed E-state index contributed by atoms with van der Waals surface area (Å²) in [5, 5.41) is 7.30. The summed E-state index contributed by atoms with van der Waals surface area (Å²) in [6, 6.07) is 9.53. The van der Waals surface area contributed by atoms with Crippen LogP contribution in [0.15, 0.2) is 47.5 Å². The Kier molecular flexibility index (Phi) is 4.30. The number of aromatic nitrogens is 2. The van der Waals surface area contributed by atoms with Crippen molar-refractivity contribution >= 4 is 15.8 Å². The standard InChI is InChI=1S/C13H12N4O2S/c14-9-3-6-11-5-1-2-7-12(11)20(18,19)17-13-8-4-10-15-16-13/h1-2,4-5,7-8,10H,9,14H2,(H,16,17). The number of hydrogen-bond acceptors (Lipinski definition) is 5. The lowest BCUT2D eigenvalue weighted by molar-refractivity contribution is 0.600. The Balaban J connectivity index is 2.40. The molecule has 0 fully saturated rings. The van der Waals surface area contributed by atoms with Crippen molar-refractivity contribution in [3.63, 3.8) is 0 Å². The Morgan fingerprint density at radius 2 is 2.00 bits per heavy atom. The number of nitrogens with zero attached hydrogens (tertiary/aromatic N) is 2. The fourth-order valence-corrected chi connectivity index (χ4v) is 2.66. The fourth-order valence-electron chi connectivity index (χ4n) is 1.50. The number of nitrogens with one attached hydrogen (secondary N) is 1. The van der Waals surface area contributed by atoms with Gasteiger partial charge in [0.05, 0.1) is 6.54 Å². The molecule has 0 aliphatic heterocycles. The first-order valence-corrected chi connectivity index (χ1v) is 7.20. The van der Waals surface area contributed by atoms with Gasteiger partial charge in [-0.3, -0.25) is 4.72 Å². The van der Waals surface area contributed by atoms with E-state index in [0.717, 1.165) is 0 Å². The van der Waals surface area contributed by atoms with Crippen LogP contribution in [0.5, 0.6) is 0 Å². The van der Waals surface area contributed by atoms with Crippen molar-refractivity contribution in [3.05, 3.63) is 48.2 Å². The molecule has 1 heterocycles. The van der Waals surface area contributed by atoms with Crippen LogP contribution < -0.4 is 10.5 Å². The van der Waals surface area contributed by atoms with Crippen LogP contribution in [0.25, 0.3) is 0 Å². The Morgan fingerprint density at radius 1 is 1.20 bits per heavy atom. The van der Waals surface area contributed by atoms with Crippen LogP contribution in [0.4, 0.5) is 5.82 Å². The predicted molar refractivity (Wildman–Crippen MR) is 75.2 cm³/mol. The second kappa shape index (κ2) is 6.14. The van der Waals surface area contributed by atoms with E-state index in [1.807, 2.05) is 0 Å². The molecule has 0 aliphatic carbocycles. The largest absolute Gasteiger partial charge is 0.320 e. The second-order valence-corrected chi connectivity index (χ2v) is 5.37. The van der Waals surface area contributed by atoms with E-state index in [4.69, 9.17) is 5.73 Å². The van der Waals surface area contributed by atoms with E-state index >= 15 is 0 Å². The smallest absolute Gasteiger partial charge is 0.264 e. The van der Waals surface area contributed by atoms with Gasteiger partial charge in [-0.05, 0) is 24.3 Å². The lowest BCUT2D eigenvalue weighted by Crippen LogP contribution is -2.15. The van der Waals surface area contributed by atoms with Crippen LogP contribution >= 0.6 is 0 Å². The average molecular weight is 288 g/mol. The summed E-state index contributed by atoms with van der Waals surface area (Å²) in [6.45, 7) is 0.159. The summed E-state index contributed by atoms with van der Waals surface area (Å²) in [5.41, 5.74) is 5.69. The zero-order valence-corrected chi connectivity index (χ0v) is 11.3. The van der Waals surface area contributed by atoms with Crippen LogP contribution in [0.2, 0.25) is 0 Å². The molecule has 2 aromatic rings. The quantitative estimate of drug-likeness (QED) is 0.805. The van der Waals surface area contributed by atoms with Gasteiger partial charge in [0, 0.05) is 11.8 Å². The molecule has 102 valence electrons. The Labute approximate surface area is 117 Å². The van der Waals surface area contributed by atoms with Gasteiger partial charge in [0.1, 0.15) is 4.90 Å². The highest BCUT2D eigenvalue weighted by Gasteiger charge is 2.18. The summed E-state index contributed by atoms with van der Waals surface area (Å²) < 4.78 is 27.0. The first kappa shape index (κ1) is 14.0. The maximum absolute atomic E-state index is 12.3. The van der Waals surface area contributed by atoms with Crippen LogP contribution in [0.1, 0.15) is 5.56 Å². The number of rotatable bonds is 3. The van der Waals surface area contributed by atoms with Crippen molar-refractivity contribution in [1.29, 1.82) is 0 Å². The van der Waals surface area contributed by atoms with Crippen LogP contribution in [-0.4, -0.2) is 25.2 Å².